The molecule has 128 valence electrons. The lowest BCUT2D eigenvalue weighted by atomic mass is 10.1. The second-order valence-electron chi connectivity index (χ2n) is 5.60. The number of thioether (sulfide) groups is 1. The largest absolute Gasteiger partial charge is 0.325 e. The molecule has 1 heterocycles. The van der Waals surface area contributed by atoms with Crippen LogP contribution in [0.3, 0.4) is 0 Å². The average molecular weight is 373 g/mol. The van der Waals surface area contributed by atoms with Crippen LogP contribution < -0.4 is 5.32 Å². The summed E-state index contributed by atoms with van der Waals surface area (Å²) in [4.78, 5) is 12.1. The van der Waals surface area contributed by atoms with Crippen molar-refractivity contribution in [3.05, 3.63) is 64.9 Å². The van der Waals surface area contributed by atoms with Gasteiger partial charge in [-0.15, -0.1) is 10.2 Å². The lowest BCUT2D eigenvalue weighted by Gasteiger charge is -2.09. The molecule has 1 N–H and O–H groups in total. The Morgan fingerprint density at radius 1 is 1.16 bits per heavy atom. The minimum Gasteiger partial charge on any atom is -0.325 e. The third kappa shape index (κ3) is 4.41. The van der Waals surface area contributed by atoms with E-state index in [1.165, 1.54) is 22.9 Å². The maximum Gasteiger partial charge on any atom is 0.234 e. The maximum absolute atomic E-state index is 12.1. The Morgan fingerprint density at radius 3 is 2.64 bits per heavy atom. The number of rotatable bonds is 5. The molecule has 0 aliphatic heterocycles. The zero-order valence-electron chi connectivity index (χ0n) is 13.9. The second-order valence-corrected chi connectivity index (χ2v) is 6.97. The summed E-state index contributed by atoms with van der Waals surface area (Å²) >= 11 is 7.18. The molecule has 0 saturated carbocycles. The molecule has 0 atom stereocenters. The molecule has 0 aliphatic rings. The lowest BCUT2D eigenvalue weighted by Crippen LogP contribution is -2.14. The molecule has 0 unspecified atom stereocenters. The summed E-state index contributed by atoms with van der Waals surface area (Å²) in [5.41, 5.74) is 4.12. The fraction of sp³-hybridized carbons (Fsp3) is 0.167. The van der Waals surface area contributed by atoms with Gasteiger partial charge in [-0.3, -0.25) is 9.36 Å². The maximum atomic E-state index is 12.1. The van der Waals surface area contributed by atoms with Gasteiger partial charge in [0.05, 0.1) is 5.75 Å². The Labute approximate surface area is 155 Å². The molecule has 1 aromatic heterocycles. The second kappa shape index (κ2) is 7.72. The number of halogens is 1. The highest BCUT2D eigenvalue weighted by atomic mass is 35.5. The fourth-order valence-corrected chi connectivity index (χ4v) is 3.09. The summed E-state index contributed by atoms with van der Waals surface area (Å²) in [5.74, 6) is 0.133. The number of amides is 1. The Kier molecular flexibility index (Phi) is 5.40. The molecule has 0 spiro atoms. The van der Waals surface area contributed by atoms with Crippen LogP contribution in [-0.4, -0.2) is 26.4 Å². The smallest absolute Gasteiger partial charge is 0.234 e. The van der Waals surface area contributed by atoms with E-state index in [2.05, 4.69) is 41.5 Å². The van der Waals surface area contributed by atoms with E-state index in [0.717, 1.165) is 5.69 Å². The van der Waals surface area contributed by atoms with Crippen LogP contribution in [0.5, 0.6) is 0 Å². The van der Waals surface area contributed by atoms with E-state index in [1.54, 1.807) is 30.6 Å². The highest BCUT2D eigenvalue weighted by molar-refractivity contribution is 7.99. The first-order valence-corrected chi connectivity index (χ1v) is 9.05. The number of nitrogens with zero attached hydrogens (tertiary/aromatic N) is 3. The van der Waals surface area contributed by atoms with Gasteiger partial charge < -0.3 is 5.32 Å². The fourth-order valence-electron chi connectivity index (χ4n) is 2.24. The topological polar surface area (TPSA) is 59.8 Å². The standard InChI is InChI=1S/C18H17ClN4OS/c1-12-3-8-16(9-13(12)2)23-11-20-22-18(23)25-10-17(24)21-15-6-4-14(19)5-7-15/h3-9,11H,10H2,1-2H3,(H,21,24). The molecule has 2 aromatic carbocycles. The van der Waals surface area contributed by atoms with Gasteiger partial charge in [0.15, 0.2) is 5.16 Å². The molecule has 7 heteroatoms. The predicted octanol–water partition coefficient (Wildman–Crippen LogP) is 4.27. The molecule has 0 aliphatic carbocycles. The van der Waals surface area contributed by atoms with Gasteiger partial charge in [-0.25, -0.2) is 0 Å². The number of carbonyl (C=O) groups excluding carboxylic acids is 1. The van der Waals surface area contributed by atoms with Crippen LogP contribution >= 0.6 is 23.4 Å². The number of aryl methyl sites for hydroxylation is 2. The van der Waals surface area contributed by atoms with Crippen molar-refractivity contribution < 1.29 is 4.79 Å². The first kappa shape index (κ1) is 17.5. The highest BCUT2D eigenvalue weighted by Crippen LogP contribution is 2.22. The van der Waals surface area contributed by atoms with E-state index < -0.39 is 0 Å². The first-order chi connectivity index (χ1) is 12.0. The average Bonchev–Trinajstić information content (AvgIpc) is 3.06. The van der Waals surface area contributed by atoms with Gasteiger partial charge in [-0.2, -0.15) is 0 Å². The van der Waals surface area contributed by atoms with Crippen LogP contribution in [-0.2, 0) is 4.79 Å². The van der Waals surface area contributed by atoms with Crippen molar-refractivity contribution in [2.75, 3.05) is 11.1 Å². The quantitative estimate of drug-likeness (QED) is 0.679. The number of anilines is 1. The summed E-state index contributed by atoms with van der Waals surface area (Å²) in [5, 5.41) is 12.2. The molecule has 5 nitrogen and oxygen atoms in total. The monoisotopic (exact) mass is 372 g/mol. The van der Waals surface area contributed by atoms with Gasteiger partial charge in [0.25, 0.3) is 0 Å². The minimum atomic E-state index is -0.109. The van der Waals surface area contributed by atoms with Crippen molar-refractivity contribution >= 4 is 35.0 Å². The van der Waals surface area contributed by atoms with Crippen molar-refractivity contribution in [2.24, 2.45) is 0 Å². The number of aromatic nitrogens is 3. The molecule has 0 radical (unpaired) electrons. The Hall–Kier alpha value is -2.31. The number of benzene rings is 2. The van der Waals surface area contributed by atoms with Crippen molar-refractivity contribution in [3.63, 3.8) is 0 Å². The van der Waals surface area contributed by atoms with Gasteiger partial charge in [0.1, 0.15) is 6.33 Å². The third-order valence-electron chi connectivity index (χ3n) is 3.75. The van der Waals surface area contributed by atoms with Crippen LogP contribution in [0.2, 0.25) is 5.02 Å². The summed E-state index contributed by atoms with van der Waals surface area (Å²) in [6, 6.07) is 13.2. The first-order valence-electron chi connectivity index (χ1n) is 7.69. The van der Waals surface area contributed by atoms with Crippen molar-refractivity contribution in [3.8, 4) is 5.69 Å². The molecule has 0 saturated heterocycles. The van der Waals surface area contributed by atoms with Crippen molar-refractivity contribution in [1.82, 2.24) is 14.8 Å². The van der Waals surface area contributed by atoms with Gasteiger partial charge in [0.2, 0.25) is 5.91 Å². The molecule has 1 amide bonds. The molecule has 3 aromatic rings. The summed E-state index contributed by atoms with van der Waals surface area (Å²) in [6.45, 7) is 4.14. The van der Waals surface area contributed by atoms with E-state index in [-0.39, 0.29) is 11.7 Å². The number of hydrogen-bond donors (Lipinski definition) is 1. The number of nitrogens with one attached hydrogen (secondary N) is 1. The SMILES string of the molecule is Cc1ccc(-n2cnnc2SCC(=O)Nc2ccc(Cl)cc2)cc1C. The molecule has 3 rings (SSSR count). The minimum absolute atomic E-state index is 0.109. The van der Waals surface area contributed by atoms with Gasteiger partial charge >= 0.3 is 0 Å². The molecule has 25 heavy (non-hydrogen) atoms. The van der Waals surface area contributed by atoms with Crippen LogP contribution in [0.4, 0.5) is 5.69 Å². The highest BCUT2D eigenvalue weighted by Gasteiger charge is 2.11. The van der Waals surface area contributed by atoms with E-state index in [1.807, 2.05) is 10.6 Å². The van der Waals surface area contributed by atoms with Crippen molar-refractivity contribution in [2.45, 2.75) is 19.0 Å². The molecule has 0 bridgehead atoms. The van der Waals surface area contributed by atoms with E-state index >= 15 is 0 Å². The molecular weight excluding hydrogens is 356 g/mol. The lowest BCUT2D eigenvalue weighted by molar-refractivity contribution is -0.113. The Balaban J connectivity index is 1.66. The normalized spacial score (nSPS) is 10.7. The Morgan fingerprint density at radius 2 is 1.92 bits per heavy atom. The third-order valence-corrected chi connectivity index (χ3v) is 4.94. The van der Waals surface area contributed by atoms with E-state index in [9.17, 15) is 4.79 Å². The van der Waals surface area contributed by atoms with Crippen LogP contribution in [0.1, 0.15) is 11.1 Å². The van der Waals surface area contributed by atoms with E-state index in [0.29, 0.717) is 15.9 Å². The summed E-state index contributed by atoms with van der Waals surface area (Å²) in [7, 11) is 0. The summed E-state index contributed by atoms with van der Waals surface area (Å²) < 4.78 is 1.88. The number of hydrogen-bond acceptors (Lipinski definition) is 4. The number of carbonyl (C=O) groups is 1. The van der Waals surface area contributed by atoms with E-state index in [4.69, 9.17) is 11.6 Å². The summed E-state index contributed by atoms with van der Waals surface area (Å²) in [6.07, 6.45) is 1.66. The van der Waals surface area contributed by atoms with Crippen molar-refractivity contribution in [1.29, 1.82) is 0 Å². The zero-order valence-corrected chi connectivity index (χ0v) is 15.4. The van der Waals surface area contributed by atoms with Gasteiger partial charge in [-0.1, -0.05) is 29.4 Å². The predicted molar refractivity (Wildman–Crippen MR) is 102 cm³/mol. The van der Waals surface area contributed by atoms with Crippen LogP contribution in [0.15, 0.2) is 53.9 Å². The van der Waals surface area contributed by atoms with Gasteiger partial charge in [0, 0.05) is 16.4 Å². The Bertz CT molecular complexity index is 892. The molecular formula is C18H17ClN4OS. The van der Waals surface area contributed by atoms with Crippen LogP contribution in [0, 0.1) is 13.8 Å². The molecule has 0 fully saturated rings. The van der Waals surface area contributed by atoms with Gasteiger partial charge in [-0.05, 0) is 61.4 Å². The zero-order chi connectivity index (χ0) is 17.8. The van der Waals surface area contributed by atoms with Crippen LogP contribution in [0.25, 0.3) is 5.69 Å².